The van der Waals surface area contributed by atoms with Gasteiger partial charge in [-0.25, -0.2) is 8.78 Å². The summed E-state index contributed by atoms with van der Waals surface area (Å²) in [5.74, 6) is -2.23. The number of likely N-dealkylation sites (tertiary alicyclic amines) is 1. The van der Waals surface area contributed by atoms with E-state index in [1.165, 1.54) is 11.0 Å². The van der Waals surface area contributed by atoms with Gasteiger partial charge in [0.05, 0.1) is 5.56 Å². The van der Waals surface area contributed by atoms with Gasteiger partial charge < -0.3 is 15.1 Å². The van der Waals surface area contributed by atoms with Crippen molar-refractivity contribution in [3.8, 4) is 0 Å². The average molecular weight is 482 g/mol. The first kappa shape index (κ1) is 23.5. The first-order valence-corrected chi connectivity index (χ1v) is 12.3. The van der Waals surface area contributed by atoms with Gasteiger partial charge in [-0.2, -0.15) is 0 Å². The van der Waals surface area contributed by atoms with Gasteiger partial charge in [0.15, 0.2) is 0 Å². The zero-order chi connectivity index (χ0) is 24.5. The first-order chi connectivity index (χ1) is 16.9. The summed E-state index contributed by atoms with van der Waals surface area (Å²) in [4.78, 5) is 41.7. The third kappa shape index (κ3) is 5.52. The van der Waals surface area contributed by atoms with E-state index in [0.717, 1.165) is 37.3 Å². The Balaban J connectivity index is 1.18. The molecule has 2 aliphatic carbocycles. The molecular formula is C27H29F2N3O3. The number of hydrogen-bond donors (Lipinski definition) is 1. The van der Waals surface area contributed by atoms with Gasteiger partial charge in [-0.3, -0.25) is 14.4 Å². The SMILES string of the molecule is O=C(NC1CC1)c1ccc(CN(C(=O)C2CCN(C(=O)c3ccc(F)cc3F)CC2)C2CC2)cc1. The van der Waals surface area contributed by atoms with Crippen molar-refractivity contribution in [1.82, 2.24) is 15.1 Å². The molecule has 0 bridgehead atoms. The Morgan fingerprint density at radius 3 is 2.20 bits per heavy atom. The monoisotopic (exact) mass is 481 g/mol. The maximum atomic E-state index is 14.0. The smallest absolute Gasteiger partial charge is 0.256 e. The highest BCUT2D eigenvalue weighted by Crippen LogP contribution is 2.32. The van der Waals surface area contributed by atoms with E-state index in [9.17, 15) is 23.2 Å². The van der Waals surface area contributed by atoms with Crippen LogP contribution in [0.5, 0.6) is 0 Å². The molecule has 2 aromatic rings. The van der Waals surface area contributed by atoms with Crippen molar-refractivity contribution in [2.24, 2.45) is 5.92 Å². The summed E-state index contributed by atoms with van der Waals surface area (Å²) in [6.07, 6.45) is 5.06. The topological polar surface area (TPSA) is 69.7 Å². The molecule has 2 saturated carbocycles. The molecule has 0 aromatic heterocycles. The summed E-state index contributed by atoms with van der Waals surface area (Å²) >= 11 is 0. The molecule has 2 aromatic carbocycles. The van der Waals surface area contributed by atoms with E-state index in [4.69, 9.17) is 0 Å². The number of carbonyl (C=O) groups excluding carboxylic acids is 3. The maximum absolute atomic E-state index is 14.0. The standard InChI is InChI=1S/C27H29F2N3O3/c28-20-5-10-23(24(29)15-20)27(35)31-13-11-19(12-14-31)26(34)32(22-8-9-22)16-17-1-3-18(4-2-17)25(33)30-21-6-7-21/h1-5,10,15,19,21-22H,6-9,11-14,16H2,(H,30,33). The fourth-order valence-corrected chi connectivity index (χ4v) is 4.63. The zero-order valence-corrected chi connectivity index (χ0v) is 19.5. The van der Waals surface area contributed by atoms with E-state index in [-0.39, 0.29) is 29.3 Å². The van der Waals surface area contributed by atoms with E-state index in [1.54, 1.807) is 12.1 Å². The molecule has 5 rings (SSSR count). The van der Waals surface area contributed by atoms with Gasteiger partial charge in [0.2, 0.25) is 5.91 Å². The van der Waals surface area contributed by atoms with Crippen LogP contribution in [0, 0.1) is 17.6 Å². The number of rotatable bonds is 7. The van der Waals surface area contributed by atoms with Crippen molar-refractivity contribution in [3.05, 3.63) is 70.8 Å². The van der Waals surface area contributed by atoms with Gasteiger partial charge in [0.25, 0.3) is 11.8 Å². The van der Waals surface area contributed by atoms with Crippen LogP contribution in [-0.4, -0.2) is 52.7 Å². The molecule has 184 valence electrons. The van der Waals surface area contributed by atoms with E-state index >= 15 is 0 Å². The molecule has 1 saturated heterocycles. The van der Waals surface area contributed by atoms with E-state index in [1.807, 2.05) is 17.0 Å². The Hall–Kier alpha value is -3.29. The molecular weight excluding hydrogens is 452 g/mol. The predicted octanol–water partition coefficient (Wildman–Crippen LogP) is 3.90. The largest absolute Gasteiger partial charge is 0.349 e. The number of halogens is 2. The molecule has 1 aliphatic heterocycles. The molecule has 0 radical (unpaired) electrons. The summed E-state index contributed by atoms with van der Waals surface area (Å²) in [6.45, 7) is 1.21. The van der Waals surface area contributed by atoms with E-state index < -0.39 is 17.5 Å². The fourth-order valence-electron chi connectivity index (χ4n) is 4.63. The summed E-state index contributed by atoms with van der Waals surface area (Å²) in [7, 11) is 0. The average Bonchev–Trinajstić information content (AvgIpc) is 3.78. The summed E-state index contributed by atoms with van der Waals surface area (Å²) in [5, 5.41) is 2.98. The normalized spacial score (nSPS) is 18.3. The van der Waals surface area contributed by atoms with Crippen LogP contribution in [0.15, 0.2) is 42.5 Å². The highest BCUT2D eigenvalue weighted by Gasteiger charge is 2.37. The van der Waals surface area contributed by atoms with Gasteiger partial charge >= 0.3 is 0 Å². The highest BCUT2D eigenvalue weighted by atomic mass is 19.1. The van der Waals surface area contributed by atoms with Crippen LogP contribution in [0.25, 0.3) is 0 Å². The number of hydrogen-bond acceptors (Lipinski definition) is 3. The molecule has 1 N–H and O–H groups in total. The lowest BCUT2D eigenvalue weighted by Gasteiger charge is -2.34. The van der Waals surface area contributed by atoms with Crippen molar-refractivity contribution >= 4 is 17.7 Å². The molecule has 6 nitrogen and oxygen atoms in total. The molecule has 1 heterocycles. The molecule has 3 fully saturated rings. The third-order valence-electron chi connectivity index (χ3n) is 7.05. The second-order valence-corrected chi connectivity index (χ2v) is 9.83. The molecule has 0 unspecified atom stereocenters. The van der Waals surface area contributed by atoms with Crippen molar-refractivity contribution < 1.29 is 23.2 Å². The minimum atomic E-state index is -0.871. The van der Waals surface area contributed by atoms with Crippen molar-refractivity contribution in [2.45, 2.75) is 57.2 Å². The Labute approximate surface area is 203 Å². The number of benzene rings is 2. The Bertz CT molecular complexity index is 1120. The number of amides is 3. The third-order valence-corrected chi connectivity index (χ3v) is 7.05. The lowest BCUT2D eigenvalue weighted by Crippen LogP contribution is -2.45. The van der Waals surface area contributed by atoms with Crippen molar-refractivity contribution in [1.29, 1.82) is 0 Å². The van der Waals surface area contributed by atoms with Crippen molar-refractivity contribution in [3.63, 3.8) is 0 Å². The van der Waals surface area contributed by atoms with Crippen LogP contribution in [0.4, 0.5) is 8.78 Å². The Morgan fingerprint density at radius 1 is 0.914 bits per heavy atom. The minimum absolute atomic E-state index is 0.0593. The summed E-state index contributed by atoms with van der Waals surface area (Å²) in [5.41, 5.74) is 1.46. The molecule has 3 aliphatic rings. The first-order valence-electron chi connectivity index (χ1n) is 12.3. The van der Waals surface area contributed by atoms with Crippen molar-refractivity contribution in [2.75, 3.05) is 13.1 Å². The second-order valence-electron chi connectivity index (χ2n) is 9.83. The van der Waals surface area contributed by atoms with Crippen LogP contribution in [0.1, 0.15) is 64.8 Å². The highest BCUT2D eigenvalue weighted by molar-refractivity contribution is 5.95. The van der Waals surface area contributed by atoms with Crippen LogP contribution in [0.3, 0.4) is 0 Å². The Kier molecular flexibility index (Phi) is 6.54. The van der Waals surface area contributed by atoms with Gasteiger partial charge in [0.1, 0.15) is 11.6 Å². The van der Waals surface area contributed by atoms with Crippen LogP contribution in [0.2, 0.25) is 0 Å². The van der Waals surface area contributed by atoms with E-state index in [0.29, 0.717) is 50.1 Å². The van der Waals surface area contributed by atoms with E-state index in [2.05, 4.69) is 5.32 Å². The quantitative estimate of drug-likeness (QED) is 0.652. The Morgan fingerprint density at radius 2 is 1.60 bits per heavy atom. The van der Waals surface area contributed by atoms with Crippen LogP contribution < -0.4 is 5.32 Å². The number of carbonyl (C=O) groups is 3. The number of piperidine rings is 1. The van der Waals surface area contributed by atoms with Gasteiger partial charge in [-0.15, -0.1) is 0 Å². The lowest BCUT2D eigenvalue weighted by atomic mass is 9.94. The maximum Gasteiger partial charge on any atom is 0.256 e. The second kappa shape index (κ2) is 9.76. The molecule has 0 spiro atoms. The number of nitrogens with zero attached hydrogens (tertiary/aromatic N) is 2. The fraction of sp³-hybridized carbons (Fsp3) is 0.444. The van der Waals surface area contributed by atoms with Crippen LogP contribution in [-0.2, 0) is 11.3 Å². The van der Waals surface area contributed by atoms with Gasteiger partial charge in [0, 0.05) is 49.3 Å². The van der Waals surface area contributed by atoms with Gasteiger partial charge in [-0.1, -0.05) is 12.1 Å². The number of nitrogens with one attached hydrogen (secondary N) is 1. The molecule has 8 heteroatoms. The molecule has 3 amide bonds. The molecule has 35 heavy (non-hydrogen) atoms. The van der Waals surface area contributed by atoms with Gasteiger partial charge in [-0.05, 0) is 68.4 Å². The molecule has 0 atom stereocenters. The zero-order valence-electron chi connectivity index (χ0n) is 19.5. The predicted molar refractivity (Wildman–Crippen MR) is 125 cm³/mol. The summed E-state index contributed by atoms with van der Waals surface area (Å²) in [6, 6.07) is 10.9. The minimum Gasteiger partial charge on any atom is -0.349 e. The summed E-state index contributed by atoms with van der Waals surface area (Å²) < 4.78 is 27.2. The lowest BCUT2D eigenvalue weighted by molar-refractivity contribution is -0.138. The van der Waals surface area contributed by atoms with Crippen LogP contribution >= 0.6 is 0 Å².